The minimum Gasteiger partial charge on any atom is -0.397 e. The molecule has 7 heteroatoms. The Morgan fingerprint density at radius 2 is 2.05 bits per heavy atom. The largest absolute Gasteiger partial charge is 0.397 e. The summed E-state index contributed by atoms with van der Waals surface area (Å²) in [5, 5.41) is 3.04. The van der Waals surface area contributed by atoms with Crippen LogP contribution >= 0.6 is 11.6 Å². The zero-order valence-corrected chi connectivity index (χ0v) is 12.2. The first-order valence-electron chi connectivity index (χ1n) is 5.89. The Hall–Kier alpha value is -1.27. The lowest BCUT2D eigenvalue weighted by Gasteiger charge is -2.08. The van der Waals surface area contributed by atoms with Crippen LogP contribution in [0, 0.1) is 0 Å². The molecule has 5 nitrogen and oxygen atoms in total. The number of hydrogen-bond acceptors (Lipinski definition) is 4. The van der Waals surface area contributed by atoms with Gasteiger partial charge in [0.1, 0.15) is 0 Å². The van der Waals surface area contributed by atoms with E-state index in [1.807, 2.05) is 0 Å². The molecule has 0 heterocycles. The first-order valence-corrected chi connectivity index (χ1v) is 8.09. The van der Waals surface area contributed by atoms with E-state index in [0.29, 0.717) is 22.8 Å². The Labute approximate surface area is 118 Å². The Kier molecular flexibility index (Phi) is 5.62. The van der Waals surface area contributed by atoms with Gasteiger partial charge < -0.3 is 11.1 Å². The summed E-state index contributed by atoms with van der Waals surface area (Å²) in [6.07, 6.45) is 0.471. The summed E-state index contributed by atoms with van der Waals surface area (Å²) >= 11 is 5.74. The molecule has 0 fully saturated rings. The van der Waals surface area contributed by atoms with Crippen molar-refractivity contribution in [2.45, 2.75) is 19.8 Å². The highest BCUT2D eigenvalue weighted by atomic mass is 35.5. The molecule has 0 spiro atoms. The number of hydrogen-bond donors (Lipinski definition) is 2. The SMILES string of the molecule is CCCS(=O)(=O)CCC(=O)Nc1ccc(Cl)cc1N. The number of sulfone groups is 1. The molecule has 0 saturated heterocycles. The van der Waals surface area contributed by atoms with E-state index in [1.165, 1.54) is 6.07 Å². The molecule has 0 bridgehead atoms. The summed E-state index contributed by atoms with van der Waals surface area (Å²) in [7, 11) is -3.15. The van der Waals surface area contributed by atoms with Crippen molar-refractivity contribution in [1.29, 1.82) is 0 Å². The zero-order chi connectivity index (χ0) is 14.5. The van der Waals surface area contributed by atoms with Gasteiger partial charge in [-0.25, -0.2) is 8.42 Å². The molecule has 106 valence electrons. The third kappa shape index (κ3) is 5.48. The minimum atomic E-state index is -3.15. The fourth-order valence-corrected chi connectivity index (χ4v) is 3.02. The average Bonchev–Trinajstić information content (AvgIpc) is 2.30. The molecule has 0 atom stereocenters. The van der Waals surface area contributed by atoms with Crippen LogP contribution in [0.5, 0.6) is 0 Å². The molecule has 1 rings (SSSR count). The van der Waals surface area contributed by atoms with Gasteiger partial charge in [-0.15, -0.1) is 0 Å². The van der Waals surface area contributed by atoms with Crippen LogP contribution in [0.4, 0.5) is 11.4 Å². The summed E-state index contributed by atoms with van der Waals surface area (Å²) in [4.78, 5) is 11.6. The molecule has 0 aromatic heterocycles. The highest BCUT2D eigenvalue weighted by Crippen LogP contribution is 2.22. The molecule has 1 aromatic carbocycles. The van der Waals surface area contributed by atoms with Crippen molar-refractivity contribution >= 4 is 38.7 Å². The van der Waals surface area contributed by atoms with E-state index in [4.69, 9.17) is 17.3 Å². The monoisotopic (exact) mass is 304 g/mol. The number of nitrogens with one attached hydrogen (secondary N) is 1. The first kappa shape index (κ1) is 15.8. The van der Waals surface area contributed by atoms with Gasteiger partial charge in [-0.1, -0.05) is 18.5 Å². The van der Waals surface area contributed by atoms with E-state index in [1.54, 1.807) is 19.1 Å². The van der Waals surface area contributed by atoms with Crippen molar-refractivity contribution in [3.05, 3.63) is 23.2 Å². The van der Waals surface area contributed by atoms with Crippen LogP contribution in [0.1, 0.15) is 19.8 Å². The van der Waals surface area contributed by atoms with Crippen LogP contribution in [-0.4, -0.2) is 25.8 Å². The lowest BCUT2D eigenvalue weighted by atomic mass is 10.2. The molecular weight excluding hydrogens is 288 g/mol. The van der Waals surface area contributed by atoms with E-state index < -0.39 is 9.84 Å². The molecule has 1 amide bonds. The third-order valence-electron chi connectivity index (χ3n) is 2.44. The summed E-state index contributed by atoms with van der Waals surface area (Å²) in [5.74, 6) is -0.433. The molecule has 1 aromatic rings. The molecule has 0 saturated carbocycles. The van der Waals surface area contributed by atoms with Crippen LogP contribution in [-0.2, 0) is 14.6 Å². The zero-order valence-electron chi connectivity index (χ0n) is 10.6. The Morgan fingerprint density at radius 3 is 2.63 bits per heavy atom. The van der Waals surface area contributed by atoms with Crippen molar-refractivity contribution in [3.63, 3.8) is 0 Å². The highest BCUT2D eigenvalue weighted by molar-refractivity contribution is 7.91. The summed E-state index contributed by atoms with van der Waals surface area (Å²) in [6.45, 7) is 1.78. The Morgan fingerprint density at radius 1 is 1.37 bits per heavy atom. The van der Waals surface area contributed by atoms with E-state index in [-0.39, 0.29) is 23.8 Å². The number of rotatable bonds is 6. The van der Waals surface area contributed by atoms with Gasteiger partial charge in [-0.3, -0.25) is 4.79 Å². The van der Waals surface area contributed by atoms with Crippen molar-refractivity contribution in [2.24, 2.45) is 0 Å². The lowest BCUT2D eigenvalue weighted by Crippen LogP contribution is -2.19. The molecule has 0 aliphatic heterocycles. The van der Waals surface area contributed by atoms with Crippen molar-refractivity contribution in [1.82, 2.24) is 0 Å². The molecule has 3 N–H and O–H groups in total. The lowest BCUT2D eigenvalue weighted by molar-refractivity contribution is -0.115. The van der Waals surface area contributed by atoms with Crippen LogP contribution in [0.3, 0.4) is 0 Å². The number of nitrogen functional groups attached to an aromatic ring is 1. The van der Waals surface area contributed by atoms with Crippen LogP contribution in [0.25, 0.3) is 0 Å². The second-order valence-corrected chi connectivity index (χ2v) is 6.92. The second-order valence-electron chi connectivity index (χ2n) is 4.18. The smallest absolute Gasteiger partial charge is 0.225 e. The molecule has 19 heavy (non-hydrogen) atoms. The number of anilines is 2. The number of carbonyl (C=O) groups is 1. The van der Waals surface area contributed by atoms with E-state index in [2.05, 4.69) is 5.32 Å². The summed E-state index contributed by atoms with van der Waals surface area (Å²) in [5.41, 5.74) is 6.46. The van der Waals surface area contributed by atoms with Crippen LogP contribution in [0.2, 0.25) is 5.02 Å². The van der Waals surface area contributed by atoms with Crippen molar-refractivity contribution in [2.75, 3.05) is 22.6 Å². The van der Waals surface area contributed by atoms with Crippen molar-refractivity contribution < 1.29 is 13.2 Å². The molecule has 0 radical (unpaired) electrons. The quantitative estimate of drug-likeness (QED) is 0.787. The topological polar surface area (TPSA) is 89.3 Å². The third-order valence-corrected chi connectivity index (χ3v) is 4.53. The van der Waals surface area contributed by atoms with E-state index in [9.17, 15) is 13.2 Å². The van der Waals surface area contributed by atoms with Gasteiger partial charge in [0.25, 0.3) is 0 Å². The van der Waals surface area contributed by atoms with Gasteiger partial charge in [0, 0.05) is 17.2 Å². The number of halogens is 1. The molecule has 0 unspecified atom stereocenters. The number of carbonyl (C=O) groups excluding carboxylic acids is 1. The maximum atomic E-state index is 11.6. The van der Waals surface area contributed by atoms with E-state index >= 15 is 0 Å². The van der Waals surface area contributed by atoms with Gasteiger partial charge in [-0.05, 0) is 24.6 Å². The summed E-state index contributed by atoms with van der Waals surface area (Å²) < 4.78 is 23.0. The van der Waals surface area contributed by atoms with Crippen molar-refractivity contribution in [3.8, 4) is 0 Å². The summed E-state index contributed by atoms with van der Waals surface area (Å²) in [6, 6.07) is 4.70. The molecular formula is C12H17ClN2O3S. The first-order chi connectivity index (χ1) is 8.84. The minimum absolute atomic E-state index is 0.0790. The predicted molar refractivity (Wildman–Crippen MR) is 78.1 cm³/mol. The predicted octanol–water partition coefficient (Wildman–Crippen LogP) is 2.08. The fourth-order valence-electron chi connectivity index (χ4n) is 1.52. The molecule has 0 aliphatic rings. The van der Waals surface area contributed by atoms with Gasteiger partial charge in [0.05, 0.1) is 17.1 Å². The normalized spacial score (nSPS) is 11.3. The fraction of sp³-hybridized carbons (Fsp3) is 0.417. The molecule has 0 aliphatic carbocycles. The standard InChI is InChI=1S/C12H17ClN2O3S/c1-2-6-19(17,18)7-5-12(16)15-11-4-3-9(13)8-10(11)14/h3-4,8H,2,5-7,14H2,1H3,(H,15,16). The number of nitrogens with two attached hydrogens (primary N) is 1. The van der Waals surface area contributed by atoms with Crippen LogP contribution in [0.15, 0.2) is 18.2 Å². The van der Waals surface area contributed by atoms with Gasteiger partial charge in [0.2, 0.25) is 5.91 Å². The van der Waals surface area contributed by atoms with Gasteiger partial charge >= 0.3 is 0 Å². The average molecular weight is 305 g/mol. The second kappa shape index (κ2) is 6.77. The Bertz CT molecular complexity index is 558. The maximum absolute atomic E-state index is 11.6. The number of amides is 1. The Balaban J connectivity index is 2.56. The maximum Gasteiger partial charge on any atom is 0.225 e. The highest BCUT2D eigenvalue weighted by Gasteiger charge is 2.13. The number of benzene rings is 1. The van der Waals surface area contributed by atoms with Gasteiger partial charge in [0.15, 0.2) is 9.84 Å². The van der Waals surface area contributed by atoms with Gasteiger partial charge in [-0.2, -0.15) is 0 Å². The van der Waals surface area contributed by atoms with E-state index in [0.717, 1.165) is 0 Å². The van der Waals surface area contributed by atoms with Crippen LogP contribution < -0.4 is 11.1 Å².